The van der Waals surface area contributed by atoms with E-state index in [-0.39, 0.29) is 24.6 Å². The molecule has 1 saturated carbocycles. The summed E-state index contributed by atoms with van der Waals surface area (Å²) in [6, 6.07) is 9.08. The molecule has 2 aromatic rings. The van der Waals surface area contributed by atoms with Crippen LogP contribution in [0, 0.1) is 18.8 Å². The number of aryl methyl sites for hydroxylation is 1. The highest BCUT2D eigenvalue weighted by Crippen LogP contribution is 2.33. The van der Waals surface area contributed by atoms with Crippen LogP contribution in [0.25, 0.3) is 10.8 Å². The Hall–Kier alpha value is -2.18. The number of hydrogen-bond acceptors (Lipinski definition) is 5. The van der Waals surface area contributed by atoms with Gasteiger partial charge in [0.05, 0.1) is 18.7 Å². The summed E-state index contributed by atoms with van der Waals surface area (Å²) in [6.45, 7) is 8.36. The number of fused-ring (bicyclic) bond motifs is 1. The predicted octanol–water partition coefficient (Wildman–Crippen LogP) is 3.33. The predicted molar refractivity (Wildman–Crippen MR) is 125 cm³/mol. The zero-order chi connectivity index (χ0) is 22.0. The second kappa shape index (κ2) is 9.53. The first-order valence-corrected chi connectivity index (χ1v) is 11.7. The fourth-order valence-electron chi connectivity index (χ4n) is 5.12. The Bertz CT molecular complexity index is 902. The highest BCUT2D eigenvalue weighted by atomic mass is 16.3. The Balaban J connectivity index is 1.20. The van der Waals surface area contributed by atoms with Gasteiger partial charge in [-0.15, -0.1) is 0 Å². The van der Waals surface area contributed by atoms with Crippen molar-refractivity contribution in [2.24, 2.45) is 11.8 Å². The molecule has 1 unspecified atom stereocenters. The minimum atomic E-state index is -0.169. The van der Waals surface area contributed by atoms with Gasteiger partial charge >= 0.3 is 0 Å². The Kier molecular flexibility index (Phi) is 6.77. The fourth-order valence-corrected chi connectivity index (χ4v) is 5.12. The molecule has 6 nitrogen and oxygen atoms in total. The molecule has 1 aliphatic heterocycles. The Morgan fingerprint density at radius 1 is 1.19 bits per heavy atom. The molecule has 0 spiro atoms. The molecular formula is C25H36N4O2. The van der Waals surface area contributed by atoms with E-state index < -0.39 is 0 Å². The van der Waals surface area contributed by atoms with Gasteiger partial charge in [0.2, 0.25) is 5.91 Å². The van der Waals surface area contributed by atoms with E-state index in [1.54, 1.807) is 6.20 Å². The molecule has 0 radical (unpaired) electrons. The molecule has 2 fully saturated rings. The molecule has 6 heteroatoms. The van der Waals surface area contributed by atoms with Gasteiger partial charge in [-0.1, -0.05) is 31.5 Å². The van der Waals surface area contributed by atoms with Gasteiger partial charge in [-0.05, 0) is 62.0 Å². The van der Waals surface area contributed by atoms with Crippen LogP contribution in [0.2, 0.25) is 0 Å². The van der Waals surface area contributed by atoms with Crippen molar-refractivity contribution < 1.29 is 9.90 Å². The molecule has 31 heavy (non-hydrogen) atoms. The van der Waals surface area contributed by atoms with Crippen molar-refractivity contribution in [3.8, 4) is 0 Å². The SMILES string of the molecule is Cc1ccc2ccnc(NCC(=O)NC3CN(C4CCC(C(O)C(C)C)CC4)C3)c2c1. The van der Waals surface area contributed by atoms with Crippen molar-refractivity contribution in [1.82, 2.24) is 15.2 Å². The third-order valence-corrected chi connectivity index (χ3v) is 7.04. The lowest BCUT2D eigenvalue weighted by molar-refractivity contribution is -0.121. The Morgan fingerprint density at radius 2 is 1.94 bits per heavy atom. The van der Waals surface area contributed by atoms with Crippen LogP contribution in [0.5, 0.6) is 0 Å². The first kappa shape index (κ1) is 22.0. The summed E-state index contributed by atoms with van der Waals surface area (Å²) in [5.74, 6) is 1.56. The van der Waals surface area contributed by atoms with E-state index in [1.807, 2.05) is 6.07 Å². The lowest BCUT2D eigenvalue weighted by atomic mass is 9.78. The van der Waals surface area contributed by atoms with Crippen LogP contribution in [-0.2, 0) is 4.79 Å². The highest BCUT2D eigenvalue weighted by Gasteiger charge is 2.36. The van der Waals surface area contributed by atoms with Gasteiger partial charge in [0, 0.05) is 30.7 Å². The van der Waals surface area contributed by atoms with Crippen LogP contribution in [0.4, 0.5) is 5.82 Å². The van der Waals surface area contributed by atoms with Crippen molar-refractivity contribution in [1.29, 1.82) is 0 Å². The lowest BCUT2D eigenvalue weighted by Gasteiger charge is -2.47. The number of carbonyl (C=O) groups is 1. The summed E-state index contributed by atoms with van der Waals surface area (Å²) in [6.07, 6.45) is 6.14. The number of aromatic nitrogens is 1. The van der Waals surface area contributed by atoms with Crippen LogP contribution < -0.4 is 10.6 Å². The number of rotatable bonds is 7. The molecule has 2 aliphatic rings. The average Bonchev–Trinajstić information content (AvgIpc) is 2.74. The number of amides is 1. The number of benzene rings is 1. The maximum atomic E-state index is 12.4. The summed E-state index contributed by atoms with van der Waals surface area (Å²) in [5, 5.41) is 18.8. The number of hydrogen-bond donors (Lipinski definition) is 3. The van der Waals surface area contributed by atoms with Crippen molar-refractivity contribution in [3.63, 3.8) is 0 Å². The molecule has 3 N–H and O–H groups in total. The zero-order valence-electron chi connectivity index (χ0n) is 19.0. The molecule has 1 atom stereocenters. The quantitative estimate of drug-likeness (QED) is 0.636. The number of pyridine rings is 1. The van der Waals surface area contributed by atoms with E-state index in [1.165, 1.54) is 5.56 Å². The summed E-state index contributed by atoms with van der Waals surface area (Å²) in [4.78, 5) is 19.3. The Labute approximate surface area is 185 Å². The second-order valence-corrected chi connectivity index (χ2v) is 9.76. The molecule has 1 aromatic carbocycles. The number of carbonyl (C=O) groups excluding carboxylic acids is 1. The van der Waals surface area contributed by atoms with Crippen molar-refractivity contribution >= 4 is 22.5 Å². The molecule has 4 rings (SSSR count). The van der Waals surface area contributed by atoms with Gasteiger partial charge < -0.3 is 15.7 Å². The number of aliphatic hydroxyl groups is 1. The molecule has 1 saturated heterocycles. The normalized spacial score (nSPS) is 23.5. The molecule has 1 aliphatic carbocycles. The summed E-state index contributed by atoms with van der Waals surface area (Å²) >= 11 is 0. The topological polar surface area (TPSA) is 77.5 Å². The standard InChI is InChI=1S/C25H36N4O2/c1-16(2)24(31)19-6-8-21(9-7-19)29-14-20(15-29)28-23(30)13-27-25-22-12-17(3)4-5-18(22)10-11-26-25/h4-5,10-12,16,19-21,24,31H,6-9,13-15H2,1-3H3,(H,26,27)(H,28,30). The van der Waals surface area contributed by atoms with Crippen LogP contribution >= 0.6 is 0 Å². The number of nitrogens with zero attached hydrogens (tertiary/aromatic N) is 2. The zero-order valence-corrected chi connectivity index (χ0v) is 19.0. The average molecular weight is 425 g/mol. The smallest absolute Gasteiger partial charge is 0.239 e. The van der Waals surface area contributed by atoms with Crippen molar-refractivity contribution in [2.75, 3.05) is 25.0 Å². The first-order valence-electron chi connectivity index (χ1n) is 11.7. The molecule has 0 bridgehead atoms. The maximum absolute atomic E-state index is 12.4. The Morgan fingerprint density at radius 3 is 2.65 bits per heavy atom. The first-order chi connectivity index (χ1) is 14.9. The lowest BCUT2D eigenvalue weighted by Crippen LogP contribution is -2.63. The summed E-state index contributed by atoms with van der Waals surface area (Å²) < 4.78 is 0. The van der Waals surface area contributed by atoms with Crippen LogP contribution in [-0.4, -0.2) is 58.7 Å². The van der Waals surface area contributed by atoms with Gasteiger partial charge in [-0.25, -0.2) is 4.98 Å². The largest absolute Gasteiger partial charge is 0.393 e. The van der Waals surface area contributed by atoms with E-state index in [2.05, 4.69) is 59.5 Å². The van der Waals surface area contributed by atoms with Crippen LogP contribution in [0.3, 0.4) is 0 Å². The van der Waals surface area contributed by atoms with Crippen molar-refractivity contribution in [2.45, 2.75) is 64.6 Å². The van der Waals surface area contributed by atoms with E-state index in [0.717, 1.165) is 55.4 Å². The van der Waals surface area contributed by atoms with Crippen LogP contribution in [0.15, 0.2) is 30.5 Å². The van der Waals surface area contributed by atoms with E-state index in [9.17, 15) is 9.90 Å². The number of nitrogens with one attached hydrogen (secondary N) is 2. The minimum absolute atomic E-state index is 0.0138. The molecule has 2 heterocycles. The third kappa shape index (κ3) is 5.18. The van der Waals surface area contributed by atoms with Gasteiger partial charge in [0.1, 0.15) is 5.82 Å². The van der Waals surface area contributed by atoms with Gasteiger partial charge in [-0.3, -0.25) is 9.69 Å². The number of likely N-dealkylation sites (tertiary alicyclic amines) is 1. The highest BCUT2D eigenvalue weighted by molar-refractivity contribution is 5.93. The molecule has 1 aromatic heterocycles. The summed E-state index contributed by atoms with van der Waals surface area (Å²) in [5.41, 5.74) is 1.18. The van der Waals surface area contributed by atoms with E-state index in [4.69, 9.17) is 0 Å². The third-order valence-electron chi connectivity index (χ3n) is 7.04. The number of aliphatic hydroxyl groups excluding tert-OH is 1. The maximum Gasteiger partial charge on any atom is 0.239 e. The fraction of sp³-hybridized carbons (Fsp3) is 0.600. The second-order valence-electron chi connectivity index (χ2n) is 9.76. The van der Waals surface area contributed by atoms with Gasteiger partial charge in [0.15, 0.2) is 0 Å². The van der Waals surface area contributed by atoms with Crippen molar-refractivity contribution in [3.05, 3.63) is 36.0 Å². The molecule has 168 valence electrons. The van der Waals surface area contributed by atoms with Gasteiger partial charge in [0.25, 0.3) is 0 Å². The van der Waals surface area contributed by atoms with Crippen LogP contribution in [0.1, 0.15) is 45.1 Å². The van der Waals surface area contributed by atoms with E-state index in [0.29, 0.717) is 17.9 Å². The minimum Gasteiger partial charge on any atom is -0.393 e. The van der Waals surface area contributed by atoms with E-state index >= 15 is 0 Å². The van der Waals surface area contributed by atoms with Gasteiger partial charge in [-0.2, -0.15) is 0 Å². The summed E-state index contributed by atoms with van der Waals surface area (Å²) in [7, 11) is 0. The molecular weight excluding hydrogens is 388 g/mol. The monoisotopic (exact) mass is 424 g/mol. The molecule has 1 amide bonds. The number of anilines is 1.